The Hall–Kier alpha value is -0.930. The highest BCUT2D eigenvalue weighted by molar-refractivity contribution is 5.18. The molecule has 0 aromatic heterocycles. The minimum atomic E-state index is -0.0896. The summed E-state index contributed by atoms with van der Waals surface area (Å²) in [5.41, 5.74) is 0.815. The lowest BCUT2D eigenvalue weighted by molar-refractivity contribution is 0.0313. The first-order valence-electron chi connectivity index (χ1n) is 6.90. The minimum Gasteiger partial charge on any atom is -0.381 e. The highest BCUT2D eigenvalue weighted by Gasteiger charge is 2.31. The lowest BCUT2D eigenvalue weighted by Crippen LogP contribution is -2.44. The molecule has 2 nitrogen and oxygen atoms in total. The molecule has 1 aliphatic heterocycles. The monoisotopic (exact) mass is 249 g/mol. The van der Waals surface area contributed by atoms with E-state index < -0.39 is 0 Å². The normalized spacial score (nSPS) is 28.3. The van der Waals surface area contributed by atoms with Crippen molar-refractivity contribution in [3.8, 4) is 0 Å². The summed E-state index contributed by atoms with van der Waals surface area (Å²) in [6, 6.07) is 8.28. The molecule has 1 aromatic rings. The van der Waals surface area contributed by atoms with E-state index in [9.17, 15) is 4.39 Å². The van der Waals surface area contributed by atoms with Gasteiger partial charge in [0.2, 0.25) is 0 Å². The van der Waals surface area contributed by atoms with Gasteiger partial charge in [0, 0.05) is 24.6 Å². The molecule has 2 atom stereocenters. The summed E-state index contributed by atoms with van der Waals surface area (Å²) in [5.74, 6) is 0.310. The van der Waals surface area contributed by atoms with Crippen LogP contribution in [0.15, 0.2) is 24.3 Å². The summed E-state index contributed by atoms with van der Waals surface area (Å²) in [5, 5.41) is 3.68. The van der Waals surface area contributed by atoms with Crippen molar-refractivity contribution < 1.29 is 9.13 Å². The van der Waals surface area contributed by atoms with Crippen molar-refractivity contribution in [2.75, 3.05) is 13.2 Å². The fourth-order valence-electron chi connectivity index (χ4n) is 2.72. The Morgan fingerprint density at radius 2 is 2.06 bits per heavy atom. The van der Waals surface area contributed by atoms with E-state index in [0.717, 1.165) is 31.6 Å². The van der Waals surface area contributed by atoms with Gasteiger partial charge in [-0.1, -0.05) is 18.2 Å². The van der Waals surface area contributed by atoms with E-state index in [0.29, 0.717) is 18.0 Å². The maximum atomic E-state index is 13.7. The van der Waals surface area contributed by atoms with Crippen LogP contribution in [-0.4, -0.2) is 25.3 Å². The molecule has 2 aliphatic rings. The Labute approximate surface area is 108 Å². The van der Waals surface area contributed by atoms with Gasteiger partial charge in [0.15, 0.2) is 0 Å². The van der Waals surface area contributed by atoms with Crippen LogP contribution in [0.3, 0.4) is 0 Å². The van der Waals surface area contributed by atoms with E-state index in [1.54, 1.807) is 12.1 Å². The molecular formula is C15H20FNO. The van der Waals surface area contributed by atoms with Gasteiger partial charge >= 0.3 is 0 Å². The average Bonchev–Trinajstić information content (AvgIpc) is 3.18. The molecule has 0 unspecified atom stereocenters. The second kappa shape index (κ2) is 5.37. The fourth-order valence-corrected chi connectivity index (χ4v) is 2.72. The molecule has 1 saturated carbocycles. The van der Waals surface area contributed by atoms with Crippen molar-refractivity contribution in [2.24, 2.45) is 5.92 Å². The van der Waals surface area contributed by atoms with E-state index in [4.69, 9.17) is 4.74 Å². The molecule has 0 radical (unpaired) electrons. The Morgan fingerprint density at radius 3 is 2.83 bits per heavy atom. The SMILES string of the molecule is Fc1ccccc1C[C@@H]1COCC[C@@H]1NC1CC1. The van der Waals surface area contributed by atoms with Crippen LogP contribution in [0.5, 0.6) is 0 Å². The standard InChI is InChI=1S/C15H20FNO/c16-14-4-2-1-3-11(14)9-12-10-18-8-7-15(12)17-13-5-6-13/h1-4,12-13,15,17H,5-10H2/t12-,15+/m1/s1. The number of ether oxygens (including phenoxy) is 1. The first-order chi connectivity index (χ1) is 8.83. The van der Waals surface area contributed by atoms with Crippen LogP contribution >= 0.6 is 0 Å². The molecule has 0 spiro atoms. The number of benzene rings is 1. The van der Waals surface area contributed by atoms with Gasteiger partial charge in [-0.2, -0.15) is 0 Å². The largest absolute Gasteiger partial charge is 0.381 e. The van der Waals surface area contributed by atoms with Gasteiger partial charge < -0.3 is 10.1 Å². The lowest BCUT2D eigenvalue weighted by Gasteiger charge is -2.32. The third-order valence-electron chi connectivity index (χ3n) is 3.94. The van der Waals surface area contributed by atoms with Gasteiger partial charge in [-0.3, -0.25) is 0 Å². The molecule has 1 saturated heterocycles. The first kappa shape index (κ1) is 12.1. The Balaban J connectivity index is 1.66. The summed E-state index contributed by atoms with van der Waals surface area (Å²) in [6.07, 6.45) is 4.42. The van der Waals surface area contributed by atoms with Crippen molar-refractivity contribution in [3.63, 3.8) is 0 Å². The number of hydrogen-bond acceptors (Lipinski definition) is 2. The number of nitrogens with one attached hydrogen (secondary N) is 1. The molecule has 0 amide bonds. The van der Waals surface area contributed by atoms with Crippen molar-refractivity contribution >= 4 is 0 Å². The van der Waals surface area contributed by atoms with Crippen LogP contribution in [0.25, 0.3) is 0 Å². The molecular weight excluding hydrogens is 229 g/mol. The Morgan fingerprint density at radius 1 is 1.22 bits per heavy atom. The molecule has 98 valence electrons. The van der Waals surface area contributed by atoms with Gasteiger partial charge in [0.1, 0.15) is 5.82 Å². The topological polar surface area (TPSA) is 21.3 Å². The van der Waals surface area contributed by atoms with Gasteiger partial charge in [0.25, 0.3) is 0 Å². The average molecular weight is 249 g/mol. The third kappa shape index (κ3) is 2.90. The van der Waals surface area contributed by atoms with Crippen LogP contribution in [0, 0.1) is 11.7 Å². The third-order valence-corrected chi connectivity index (χ3v) is 3.94. The molecule has 2 fully saturated rings. The van der Waals surface area contributed by atoms with E-state index >= 15 is 0 Å². The van der Waals surface area contributed by atoms with Crippen LogP contribution < -0.4 is 5.32 Å². The van der Waals surface area contributed by atoms with Gasteiger partial charge in [-0.25, -0.2) is 4.39 Å². The molecule has 1 N–H and O–H groups in total. The quantitative estimate of drug-likeness (QED) is 0.885. The molecule has 1 aromatic carbocycles. The van der Waals surface area contributed by atoms with Crippen LogP contribution in [0.2, 0.25) is 0 Å². The maximum Gasteiger partial charge on any atom is 0.126 e. The second-order valence-corrected chi connectivity index (χ2v) is 5.47. The second-order valence-electron chi connectivity index (χ2n) is 5.47. The summed E-state index contributed by atoms with van der Waals surface area (Å²) in [4.78, 5) is 0. The highest BCUT2D eigenvalue weighted by Crippen LogP contribution is 2.26. The minimum absolute atomic E-state index is 0.0896. The summed E-state index contributed by atoms with van der Waals surface area (Å²) in [6.45, 7) is 1.58. The molecule has 1 aliphatic carbocycles. The predicted octanol–water partition coefficient (Wildman–Crippen LogP) is 2.53. The zero-order valence-electron chi connectivity index (χ0n) is 10.6. The number of halogens is 1. The molecule has 18 heavy (non-hydrogen) atoms. The van der Waals surface area contributed by atoms with E-state index in [1.807, 2.05) is 12.1 Å². The molecule has 0 bridgehead atoms. The van der Waals surface area contributed by atoms with E-state index in [2.05, 4.69) is 5.32 Å². The first-order valence-corrected chi connectivity index (χ1v) is 6.90. The van der Waals surface area contributed by atoms with Crippen LogP contribution in [0.1, 0.15) is 24.8 Å². The summed E-state index contributed by atoms with van der Waals surface area (Å²) >= 11 is 0. The molecule has 1 heterocycles. The van der Waals surface area contributed by atoms with Crippen molar-refractivity contribution in [1.29, 1.82) is 0 Å². The van der Waals surface area contributed by atoms with Crippen LogP contribution in [0.4, 0.5) is 4.39 Å². The van der Waals surface area contributed by atoms with Crippen molar-refractivity contribution in [2.45, 2.75) is 37.8 Å². The zero-order chi connectivity index (χ0) is 12.4. The van der Waals surface area contributed by atoms with Gasteiger partial charge in [-0.15, -0.1) is 0 Å². The fraction of sp³-hybridized carbons (Fsp3) is 0.600. The smallest absolute Gasteiger partial charge is 0.126 e. The predicted molar refractivity (Wildman–Crippen MR) is 69.0 cm³/mol. The van der Waals surface area contributed by atoms with Crippen LogP contribution in [-0.2, 0) is 11.2 Å². The molecule has 3 rings (SSSR count). The van der Waals surface area contributed by atoms with E-state index in [-0.39, 0.29) is 5.82 Å². The summed E-state index contributed by atoms with van der Waals surface area (Å²) in [7, 11) is 0. The van der Waals surface area contributed by atoms with Gasteiger partial charge in [-0.05, 0) is 37.3 Å². The Bertz CT molecular complexity index is 405. The number of hydrogen-bond donors (Lipinski definition) is 1. The summed E-state index contributed by atoms with van der Waals surface area (Å²) < 4.78 is 19.2. The Kier molecular flexibility index (Phi) is 3.62. The maximum absolute atomic E-state index is 13.7. The van der Waals surface area contributed by atoms with Crippen molar-refractivity contribution in [3.05, 3.63) is 35.6 Å². The zero-order valence-corrected chi connectivity index (χ0v) is 10.6. The van der Waals surface area contributed by atoms with Gasteiger partial charge in [0.05, 0.1) is 6.61 Å². The lowest BCUT2D eigenvalue weighted by atomic mass is 9.89. The van der Waals surface area contributed by atoms with Crippen molar-refractivity contribution in [1.82, 2.24) is 5.32 Å². The number of rotatable bonds is 4. The highest BCUT2D eigenvalue weighted by atomic mass is 19.1. The molecule has 3 heteroatoms. The van der Waals surface area contributed by atoms with E-state index in [1.165, 1.54) is 12.8 Å².